The Bertz CT molecular complexity index is 706. The third kappa shape index (κ3) is 8.22. The summed E-state index contributed by atoms with van der Waals surface area (Å²) in [5, 5.41) is 0. The molecule has 2 aromatic carbocycles. The van der Waals surface area contributed by atoms with Gasteiger partial charge in [0, 0.05) is 22.9 Å². The third-order valence-corrected chi connectivity index (χ3v) is 8.55. The number of rotatable bonds is 11. The van der Waals surface area contributed by atoms with Gasteiger partial charge in [0.15, 0.2) is 0 Å². The lowest BCUT2D eigenvalue weighted by molar-refractivity contribution is 0.183. The average Bonchev–Trinajstić information content (AvgIpc) is 2.86. The smallest absolute Gasteiger partial charge is 0.119 e. The fourth-order valence-electron chi connectivity index (χ4n) is 4.23. The van der Waals surface area contributed by atoms with Crippen LogP contribution in [0.4, 0.5) is 0 Å². The third-order valence-electron chi connectivity index (χ3n) is 6.13. The summed E-state index contributed by atoms with van der Waals surface area (Å²) in [6.45, 7) is 8.50. The van der Waals surface area contributed by atoms with Gasteiger partial charge in [-0.15, -0.1) is 0 Å². The topological polar surface area (TPSA) is 24.9 Å². The summed E-state index contributed by atoms with van der Waals surface area (Å²) >= 11 is 0. The maximum absolute atomic E-state index is 5.94. The number of hydrogen-bond donors (Lipinski definition) is 0. The van der Waals surface area contributed by atoms with Gasteiger partial charge >= 0.3 is 0 Å². The SMILES string of the molecule is c1cc(SSc2ccc(OCCN3CCCCC3)cc2)ccc1OCCN1CCCCC1. The molecule has 174 valence electrons. The van der Waals surface area contributed by atoms with Crippen molar-refractivity contribution in [2.24, 2.45) is 0 Å². The van der Waals surface area contributed by atoms with E-state index in [4.69, 9.17) is 9.47 Å². The minimum atomic E-state index is 0.772. The number of hydrogen-bond acceptors (Lipinski definition) is 6. The summed E-state index contributed by atoms with van der Waals surface area (Å²) < 4.78 is 11.9. The molecule has 2 heterocycles. The second-order valence-electron chi connectivity index (χ2n) is 8.61. The van der Waals surface area contributed by atoms with Gasteiger partial charge in [0.05, 0.1) is 0 Å². The van der Waals surface area contributed by atoms with E-state index in [2.05, 4.69) is 58.3 Å². The molecule has 2 aliphatic heterocycles. The van der Waals surface area contributed by atoms with Crippen LogP contribution in [0.2, 0.25) is 0 Å². The monoisotopic (exact) mass is 472 g/mol. The molecular formula is C26H36N2O2S2. The highest BCUT2D eigenvalue weighted by molar-refractivity contribution is 8.76. The molecule has 2 saturated heterocycles. The standard InChI is InChI=1S/C26H36N2O2S2/c1-3-15-27(16-4-1)19-21-29-23-7-11-25(12-8-23)31-32-26-13-9-24(10-14-26)30-22-20-28-17-5-2-6-18-28/h7-14H,1-6,15-22H2. The molecule has 2 aliphatic rings. The van der Waals surface area contributed by atoms with Crippen molar-refractivity contribution in [2.75, 3.05) is 52.5 Å². The van der Waals surface area contributed by atoms with Gasteiger partial charge in [0.2, 0.25) is 0 Å². The van der Waals surface area contributed by atoms with Crippen LogP contribution in [0.3, 0.4) is 0 Å². The molecule has 4 nitrogen and oxygen atoms in total. The van der Waals surface area contributed by atoms with Crippen molar-refractivity contribution in [3.63, 3.8) is 0 Å². The molecule has 0 bridgehead atoms. The zero-order valence-corrected chi connectivity index (χ0v) is 20.7. The molecular weight excluding hydrogens is 436 g/mol. The molecule has 0 radical (unpaired) electrons. The van der Waals surface area contributed by atoms with E-state index in [1.54, 1.807) is 21.6 Å². The first kappa shape index (κ1) is 23.8. The van der Waals surface area contributed by atoms with Crippen LogP contribution in [-0.2, 0) is 0 Å². The molecule has 0 atom stereocenters. The van der Waals surface area contributed by atoms with Gasteiger partial charge in [0.1, 0.15) is 24.7 Å². The van der Waals surface area contributed by atoms with E-state index in [0.717, 1.165) is 37.8 Å². The van der Waals surface area contributed by atoms with Gasteiger partial charge < -0.3 is 9.47 Å². The molecule has 2 aromatic rings. The van der Waals surface area contributed by atoms with Crippen LogP contribution < -0.4 is 9.47 Å². The quantitative estimate of drug-likeness (QED) is 0.360. The fraction of sp³-hybridized carbons (Fsp3) is 0.538. The van der Waals surface area contributed by atoms with E-state index in [-0.39, 0.29) is 0 Å². The zero-order valence-electron chi connectivity index (χ0n) is 19.0. The number of ether oxygens (including phenoxy) is 2. The minimum absolute atomic E-state index is 0.772. The summed E-state index contributed by atoms with van der Waals surface area (Å²) in [6, 6.07) is 16.9. The van der Waals surface area contributed by atoms with E-state index in [1.165, 1.54) is 74.5 Å². The second-order valence-corrected chi connectivity index (χ2v) is 10.9. The number of nitrogens with zero attached hydrogens (tertiary/aromatic N) is 2. The summed E-state index contributed by atoms with van der Waals surface area (Å²) in [6.07, 6.45) is 8.09. The zero-order chi connectivity index (χ0) is 21.8. The van der Waals surface area contributed by atoms with Crippen LogP contribution in [0.15, 0.2) is 58.3 Å². The van der Waals surface area contributed by atoms with Crippen LogP contribution >= 0.6 is 21.6 Å². The predicted molar refractivity (Wildman–Crippen MR) is 136 cm³/mol. The van der Waals surface area contributed by atoms with E-state index in [0.29, 0.717) is 0 Å². The van der Waals surface area contributed by atoms with E-state index in [1.807, 2.05) is 0 Å². The van der Waals surface area contributed by atoms with Crippen molar-refractivity contribution in [1.29, 1.82) is 0 Å². The Morgan fingerprint density at radius 2 is 0.906 bits per heavy atom. The van der Waals surface area contributed by atoms with Gasteiger partial charge in [-0.2, -0.15) is 0 Å². The van der Waals surface area contributed by atoms with Crippen molar-refractivity contribution in [3.05, 3.63) is 48.5 Å². The number of piperidine rings is 2. The second kappa shape index (κ2) is 13.4. The van der Waals surface area contributed by atoms with Crippen LogP contribution in [0, 0.1) is 0 Å². The minimum Gasteiger partial charge on any atom is -0.492 e. The van der Waals surface area contributed by atoms with E-state index in [9.17, 15) is 0 Å². The Balaban J connectivity index is 1.12. The first-order chi connectivity index (χ1) is 15.8. The molecule has 4 rings (SSSR count). The van der Waals surface area contributed by atoms with Crippen molar-refractivity contribution in [2.45, 2.75) is 48.3 Å². The molecule has 0 aliphatic carbocycles. The van der Waals surface area contributed by atoms with Crippen molar-refractivity contribution >= 4 is 21.6 Å². The highest BCUT2D eigenvalue weighted by Gasteiger charge is 2.10. The van der Waals surface area contributed by atoms with Crippen LogP contribution in [0.25, 0.3) is 0 Å². The highest BCUT2D eigenvalue weighted by atomic mass is 33.1. The van der Waals surface area contributed by atoms with Gasteiger partial charge in [0.25, 0.3) is 0 Å². The summed E-state index contributed by atoms with van der Waals surface area (Å²) in [5.74, 6) is 1.92. The van der Waals surface area contributed by atoms with Gasteiger partial charge in [-0.3, -0.25) is 9.80 Å². The maximum Gasteiger partial charge on any atom is 0.119 e. The number of likely N-dealkylation sites (tertiary alicyclic amines) is 2. The van der Waals surface area contributed by atoms with Crippen molar-refractivity contribution < 1.29 is 9.47 Å². The first-order valence-corrected chi connectivity index (χ1v) is 14.3. The van der Waals surface area contributed by atoms with Gasteiger partial charge in [-0.1, -0.05) is 34.4 Å². The molecule has 2 fully saturated rings. The average molecular weight is 473 g/mol. The maximum atomic E-state index is 5.94. The normalized spacial score (nSPS) is 17.9. The molecule has 0 saturated carbocycles. The molecule has 0 unspecified atom stereocenters. The Kier molecular flexibility index (Phi) is 9.96. The Labute approximate surface area is 201 Å². The van der Waals surface area contributed by atoms with Crippen LogP contribution in [0.5, 0.6) is 11.5 Å². The Morgan fingerprint density at radius 1 is 0.531 bits per heavy atom. The summed E-state index contributed by atoms with van der Waals surface area (Å²) in [5.41, 5.74) is 0. The van der Waals surface area contributed by atoms with Crippen molar-refractivity contribution in [3.8, 4) is 11.5 Å². The van der Waals surface area contributed by atoms with E-state index >= 15 is 0 Å². The lowest BCUT2D eigenvalue weighted by Gasteiger charge is -2.26. The first-order valence-electron chi connectivity index (χ1n) is 12.1. The largest absolute Gasteiger partial charge is 0.492 e. The summed E-state index contributed by atoms with van der Waals surface area (Å²) in [4.78, 5) is 7.49. The Morgan fingerprint density at radius 3 is 1.28 bits per heavy atom. The van der Waals surface area contributed by atoms with Crippen LogP contribution in [-0.4, -0.2) is 62.3 Å². The number of benzene rings is 2. The molecule has 32 heavy (non-hydrogen) atoms. The molecule has 0 aromatic heterocycles. The molecule has 6 heteroatoms. The Hall–Kier alpha value is -1.34. The molecule has 0 spiro atoms. The fourth-order valence-corrected chi connectivity index (χ4v) is 6.16. The molecule has 0 amide bonds. The van der Waals surface area contributed by atoms with Gasteiger partial charge in [-0.25, -0.2) is 0 Å². The molecule has 0 N–H and O–H groups in total. The van der Waals surface area contributed by atoms with Gasteiger partial charge in [-0.05, 0) is 100 Å². The van der Waals surface area contributed by atoms with Crippen molar-refractivity contribution in [1.82, 2.24) is 9.80 Å². The lowest BCUT2D eigenvalue weighted by atomic mass is 10.1. The predicted octanol–water partition coefficient (Wildman–Crippen LogP) is 6.22. The summed E-state index contributed by atoms with van der Waals surface area (Å²) in [7, 11) is 3.55. The van der Waals surface area contributed by atoms with Crippen LogP contribution in [0.1, 0.15) is 38.5 Å². The highest BCUT2D eigenvalue weighted by Crippen LogP contribution is 2.38. The lowest BCUT2D eigenvalue weighted by Crippen LogP contribution is -2.33. The van der Waals surface area contributed by atoms with E-state index < -0.39 is 0 Å².